The molecule has 31 heavy (non-hydrogen) atoms. The van der Waals surface area contributed by atoms with Gasteiger partial charge in [-0.3, -0.25) is 4.98 Å². The molecule has 160 valence electrons. The minimum absolute atomic E-state index is 0.0215. The average molecular weight is 438 g/mol. The van der Waals surface area contributed by atoms with Gasteiger partial charge in [0.15, 0.2) is 0 Å². The van der Waals surface area contributed by atoms with Gasteiger partial charge in [-0.25, -0.2) is 9.78 Å². The Balaban J connectivity index is 1.51. The molecule has 3 aromatic rings. The number of hydrogen-bond acceptors (Lipinski definition) is 5. The quantitative estimate of drug-likeness (QED) is 0.581. The summed E-state index contributed by atoms with van der Waals surface area (Å²) in [6.45, 7) is 1.62. The van der Waals surface area contributed by atoms with Crippen molar-refractivity contribution in [1.29, 1.82) is 0 Å². The molecule has 2 amide bonds. The summed E-state index contributed by atoms with van der Waals surface area (Å²) in [5.74, 6) is 0.921. The Hall–Kier alpha value is -3.32. The number of methoxy groups -OCH3 is 1. The SMILES string of the molecule is COc1ccc([C@@H]2CN(c3ccncc3)CCC2NC(=O)Nc2ccc(Cl)nc2)cc1. The molecule has 4 rings (SSSR count). The minimum Gasteiger partial charge on any atom is -0.497 e. The van der Waals surface area contributed by atoms with E-state index in [2.05, 4.69) is 37.6 Å². The number of aromatic nitrogens is 2. The number of urea groups is 1. The Labute approximate surface area is 186 Å². The first-order valence-corrected chi connectivity index (χ1v) is 10.5. The number of anilines is 2. The maximum Gasteiger partial charge on any atom is 0.319 e. The topological polar surface area (TPSA) is 79.4 Å². The molecule has 1 saturated heterocycles. The lowest BCUT2D eigenvalue weighted by atomic mass is 9.85. The van der Waals surface area contributed by atoms with Crippen LogP contribution in [-0.2, 0) is 0 Å². The van der Waals surface area contributed by atoms with Crippen LogP contribution in [0.3, 0.4) is 0 Å². The van der Waals surface area contributed by atoms with Crippen molar-refractivity contribution < 1.29 is 9.53 Å². The maximum absolute atomic E-state index is 12.7. The third kappa shape index (κ3) is 5.24. The molecule has 2 aromatic heterocycles. The number of carbonyl (C=O) groups excluding carboxylic acids is 1. The van der Waals surface area contributed by atoms with E-state index in [9.17, 15) is 4.79 Å². The van der Waals surface area contributed by atoms with Crippen molar-refractivity contribution in [2.75, 3.05) is 30.4 Å². The van der Waals surface area contributed by atoms with Gasteiger partial charge in [0.25, 0.3) is 0 Å². The summed E-state index contributed by atoms with van der Waals surface area (Å²) < 4.78 is 5.30. The molecular weight excluding hydrogens is 414 g/mol. The van der Waals surface area contributed by atoms with Gasteiger partial charge in [0.2, 0.25) is 0 Å². The molecular formula is C23H24ClN5O2. The zero-order chi connectivity index (χ0) is 21.6. The van der Waals surface area contributed by atoms with Crippen molar-refractivity contribution in [1.82, 2.24) is 15.3 Å². The fourth-order valence-corrected chi connectivity index (χ4v) is 4.00. The maximum atomic E-state index is 12.7. The number of nitrogens with zero attached hydrogens (tertiary/aromatic N) is 3. The fourth-order valence-electron chi connectivity index (χ4n) is 3.89. The predicted octanol–water partition coefficient (Wildman–Crippen LogP) is 4.32. The molecule has 0 radical (unpaired) electrons. The lowest BCUT2D eigenvalue weighted by Gasteiger charge is -2.40. The molecule has 8 heteroatoms. The molecule has 1 unspecified atom stereocenters. The molecule has 0 bridgehead atoms. The van der Waals surface area contributed by atoms with Crippen molar-refractivity contribution in [3.63, 3.8) is 0 Å². The molecule has 1 aliphatic heterocycles. The van der Waals surface area contributed by atoms with Gasteiger partial charge in [-0.15, -0.1) is 0 Å². The van der Waals surface area contributed by atoms with Gasteiger partial charge in [0.1, 0.15) is 10.9 Å². The first-order valence-electron chi connectivity index (χ1n) is 10.1. The molecule has 0 aliphatic carbocycles. The van der Waals surface area contributed by atoms with Crippen LogP contribution in [0.15, 0.2) is 67.1 Å². The summed E-state index contributed by atoms with van der Waals surface area (Å²) in [5.41, 5.74) is 2.87. The van der Waals surface area contributed by atoms with Crippen molar-refractivity contribution in [2.24, 2.45) is 0 Å². The van der Waals surface area contributed by atoms with Crippen LogP contribution in [0.25, 0.3) is 0 Å². The predicted molar refractivity (Wildman–Crippen MR) is 122 cm³/mol. The summed E-state index contributed by atoms with van der Waals surface area (Å²) in [7, 11) is 1.65. The molecule has 2 atom stereocenters. The van der Waals surface area contributed by atoms with Crippen molar-refractivity contribution >= 4 is 29.0 Å². The lowest BCUT2D eigenvalue weighted by molar-refractivity contribution is 0.243. The van der Waals surface area contributed by atoms with Crippen molar-refractivity contribution in [2.45, 2.75) is 18.4 Å². The van der Waals surface area contributed by atoms with Gasteiger partial charge in [-0.2, -0.15) is 0 Å². The van der Waals surface area contributed by atoms with E-state index in [0.29, 0.717) is 10.8 Å². The number of hydrogen-bond donors (Lipinski definition) is 2. The number of piperidine rings is 1. The second-order valence-corrected chi connectivity index (χ2v) is 7.78. The van der Waals surface area contributed by atoms with Crippen LogP contribution in [0.1, 0.15) is 17.9 Å². The molecule has 1 fully saturated rings. The van der Waals surface area contributed by atoms with E-state index < -0.39 is 0 Å². The van der Waals surface area contributed by atoms with Crippen LogP contribution in [-0.4, -0.2) is 42.2 Å². The minimum atomic E-state index is -0.259. The smallest absolute Gasteiger partial charge is 0.319 e. The van der Waals surface area contributed by atoms with Gasteiger partial charge < -0.3 is 20.3 Å². The van der Waals surface area contributed by atoms with Gasteiger partial charge in [-0.05, 0) is 48.4 Å². The van der Waals surface area contributed by atoms with Crippen LogP contribution in [0.4, 0.5) is 16.2 Å². The van der Waals surface area contributed by atoms with Gasteiger partial charge in [-0.1, -0.05) is 23.7 Å². The van der Waals surface area contributed by atoms with E-state index in [1.54, 1.807) is 31.6 Å². The number of nitrogens with one attached hydrogen (secondary N) is 2. The highest BCUT2D eigenvalue weighted by Crippen LogP contribution is 2.31. The van der Waals surface area contributed by atoms with Gasteiger partial charge in [0, 0.05) is 43.1 Å². The highest BCUT2D eigenvalue weighted by molar-refractivity contribution is 6.29. The number of benzene rings is 1. The van der Waals surface area contributed by atoms with Crippen LogP contribution in [0.2, 0.25) is 5.15 Å². The monoisotopic (exact) mass is 437 g/mol. The highest BCUT2D eigenvalue weighted by Gasteiger charge is 2.32. The Kier molecular flexibility index (Phi) is 6.52. The summed E-state index contributed by atoms with van der Waals surface area (Å²) in [6.07, 6.45) is 5.95. The Morgan fingerprint density at radius 1 is 1.13 bits per heavy atom. The number of ether oxygens (including phenoxy) is 1. The highest BCUT2D eigenvalue weighted by atomic mass is 35.5. The summed E-state index contributed by atoms with van der Waals surface area (Å²) >= 11 is 5.82. The number of rotatable bonds is 5. The van der Waals surface area contributed by atoms with E-state index in [0.717, 1.165) is 36.5 Å². The lowest BCUT2D eigenvalue weighted by Crippen LogP contribution is -2.50. The fraction of sp³-hybridized carbons (Fsp3) is 0.261. The van der Waals surface area contributed by atoms with E-state index >= 15 is 0 Å². The first kappa shape index (κ1) is 20.9. The number of halogens is 1. The first-order chi connectivity index (χ1) is 15.1. The van der Waals surface area contributed by atoms with Crippen LogP contribution in [0.5, 0.6) is 5.75 Å². The molecule has 0 spiro atoms. The molecule has 1 aliphatic rings. The van der Waals surface area contributed by atoms with Crippen molar-refractivity contribution in [3.05, 3.63) is 77.8 Å². The van der Waals surface area contributed by atoms with Gasteiger partial charge >= 0.3 is 6.03 Å². The standard InChI is InChI=1S/C23H24ClN5O2/c1-31-19-5-2-16(3-6-19)20-15-29(18-8-11-25-12-9-18)13-10-21(20)28-23(30)27-17-4-7-22(24)26-14-17/h2-9,11-12,14,20-21H,10,13,15H2,1H3,(H2,27,28,30)/t20-,21?/m0/s1. The van der Waals surface area contributed by atoms with E-state index in [4.69, 9.17) is 16.3 Å². The average Bonchev–Trinajstić information content (AvgIpc) is 2.81. The molecule has 0 saturated carbocycles. The largest absolute Gasteiger partial charge is 0.497 e. The molecule has 2 N–H and O–H groups in total. The number of amides is 2. The zero-order valence-electron chi connectivity index (χ0n) is 17.2. The Bertz CT molecular complexity index is 999. The van der Waals surface area contributed by atoms with Gasteiger partial charge in [0.05, 0.1) is 19.0 Å². The molecule has 1 aromatic carbocycles. The third-order valence-electron chi connectivity index (χ3n) is 5.49. The normalized spacial score (nSPS) is 18.3. The Morgan fingerprint density at radius 3 is 2.58 bits per heavy atom. The van der Waals surface area contributed by atoms with Crippen LogP contribution >= 0.6 is 11.6 Å². The van der Waals surface area contributed by atoms with E-state index in [1.165, 1.54) is 6.20 Å². The number of carbonyl (C=O) groups is 1. The zero-order valence-corrected chi connectivity index (χ0v) is 17.9. The number of pyridine rings is 2. The molecule has 3 heterocycles. The Morgan fingerprint density at radius 2 is 1.90 bits per heavy atom. The van der Waals surface area contributed by atoms with E-state index in [1.807, 2.05) is 24.3 Å². The van der Waals surface area contributed by atoms with Crippen molar-refractivity contribution in [3.8, 4) is 5.75 Å². The summed E-state index contributed by atoms with van der Waals surface area (Å²) in [4.78, 5) is 23.1. The second kappa shape index (κ2) is 9.66. The van der Waals surface area contributed by atoms with E-state index in [-0.39, 0.29) is 18.0 Å². The third-order valence-corrected chi connectivity index (χ3v) is 5.71. The summed E-state index contributed by atoms with van der Waals surface area (Å²) in [5, 5.41) is 6.37. The van der Waals surface area contributed by atoms with Crippen LogP contribution < -0.4 is 20.3 Å². The second-order valence-electron chi connectivity index (χ2n) is 7.39. The summed E-state index contributed by atoms with van der Waals surface area (Å²) in [6, 6.07) is 15.2. The van der Waals surface area contributed by atoms with Crippen LogP contribution in [0, 0.1) is 0 Å². The molecule has 7 nitrogen and oxygen atoms in total.